The van der Waals surface area contributed by atoms with E-state index >= 15 is 0 Å². The Bertz CT molecular complexity index is 459. The van der Waals surface area contributed by atoms with Crippen LogP contribution in [-0.2, 0) is 13.7 Å². The van der Waals surface area contributed by atoms with E-state index in [9.17, 15) is 0 Å². The molecule has 1 aromatic carbocycles. The number of hydrogen-bond donors (Lipinski definition) is 1. The van der Waals surface area contributed by atoms with Crippen molar-refractivity contribution < 1.29 is 4.74 Å². The van der Waals surface area contributed by atoms with Crippen LogP contribution in [0, 0.1) is 0 Å². The largest absolute Gasteiger partial charge is 0.487 e. The first kappa shape index (κ1) is 10.8. The maximum absolute atomic E-state index is 5.77. The second-order valence-electron chi connectivity index (χ2n) is 3.44. The molecule has 0 atom stereocenters. The van der Waals surface area contributed by atoms with Crippen molar-refractivity contribution in [2.75, 3.05) is 5.73 Å². The average Bonchev–Trinajstić information content (AvgIpc) is 2.58. The number of aryl methyl sites for hydroxylation is 1. The second-order valence-corrected chi connectivity index (χ2v) is 3.88. The summed E-state index contributed by atoms with van der Waals surface area (Å²) < 4.78 is 7.28. The summed E-state index contributed by atoms with van der Waals surface area (Å²) in [5.41, 5.74) is 6.41. The fraction of sp³-hybridized carbons (Fsp3) is 0.182. The van der Waals surface area contributed by atoms with Gasteiger partial charge in [-0.1, -0.05) is 11.6 Å². The maximum atomic E-state index is 5.77. The third kappa shape index (κ3) is 2.46. The molecule has 2 rings (SSSR count). The lowest BCUT2D eigenvalue weighted by Crippen LogP contribution is -1.96. The Balaban J connectivity index is 1.99. The van der Waals surface area contributed by atoms with Gasteiger partial charge in [-0.05, 0) is 24.3 Å². The molecule has 4 nitrogen and oxygen atoms in total. The molecular weight excluding hydrogens is 226 g/mol. The van der Waals surface area contributed by atoms with Crippen molar-refractivity contribution in [3.05, 3.63) is 41.2 Å². The van der Waals surface area contributed by atoms with Crippen molar-refractivity contribution in [2.24, 2.45) is 7.05 Å². The molecule has 84 valence electrons. The Morgan fingerprint density at radius 1 is 1.38 bits per heavy atom. The van der Waals surface area contributed by atoms with E-state index in [0.717, 1.165) is 11.4 Å². The van der Waals surface area contributed by atoms with E-state index in [0.29, 0.717) is 17.6 Å². The lowest BCUT2D eigenvalue weighted by molar-refractivity contribution is 0.302. The summed E-state index contributed by atoms with van der Waals surface area (Å²) in [4.78, 5) is 4.13. The van der Waals surface area contributed by atoms with Crippen LogP contribution in [-0.4, -0.2) is 9.55 Å². The van der Waals surface area contributed by atoms with Gasteiger partial charge in [0.1, 0.15) is 12.4 Å². The number of halogens is 1. The molecule has 16 heavy (non-hydrogen) atoms. The zero-order valence-corrected chi connectivity index (χ0v) is 9.61. The van der Waals surface area contributed by atoms with Crippen molar-refractivity contribution in [1.29, 1.82) is 0 Å². The number of rotatable bonds is 3. The van der Waals surface area contributed by atoms with Gasteiger partial charge in [0.25, 0.3) is 0 Å². The number of nitrogens with two attached hydrogens (primary N) is 1. The van der Waals surface area contributed by atoms with Crippen LogP contribution in [0.25, 0.3) is 0 Å². The molecule has 2 aromatic rings. The molecule has 0 saturated carbocycles. The van der Waals surface area contributed by atoms with E-state index in [4.69, 9.17) is 22.1 Å². The first-order valence-corrected chi connectivity index (χ1v) is 5.19. The quantitative estimate of drug-likeness (QED) is 0.891. The van der Waals surface area contributed by atoms with Gasteiger partial charge >= 0.3 is 0 Å². The average molecular weight is 238 g/mol. The number of ether oxygens (including phenoxy) is 1. The van der Waals surface area contributed by atoms with E-state index < -0.39 is 0 Å². The fourth-order valence-electron chi connectivity index (χ4n) is 1.30. The maximum Gasteiger partial charge on any atom is 0.200 e. The van der Waals surface area contributed by atoms with Gasteiger partial charge in [-0.2, -0.15) is 0 Å². The molecular formula is C11H12ClN3O. The normalized spacial score (nSPS) is 10.4. The van der Waals surface area contributed by atoms with Crippen molar-refractivity contribution in [1.82, 2.24) is 9.55 Å². The Hall–Kier alpha value is -1.68. The number of anilines is 1. The molecule has 5 heteroatoms. The van der Waals surface area contributed by atoms with Gasteiger partial charge in [-0.25, -0.2) is 4.98 Å². The van der Waals surface area contributed by atoms with Crippen molar-refractivity contribution in [2.45, 2.75) is 6.61 Å². The molecule has 0 bridgehead atoms. The smallest absolute Gasteiger partial charge is 0.200 e. The predicted molar refractivity (Wildman–Crippen MR) is 63.4 cm³/mol. The van der Waals surface area contributed by atoms with Gasteiger partial charge < -0.3 is 15.0 Å². The van der Waals surface area contributed by atoms with E-state index in [-0.39, 0.29) is 0 Å². The summed E-state index contributed by atoms with van der Waals surface area (Å²) in [6.45, 7) is 0.396. The molecule has 2 N–H and O–H groups in total. The molecule has 0 saturated heterocycles. The highest BCUT2D eigenvalue weighted by Gasteiger charge is 2.02. The Morgan fingerprint density at radius 3 is 2.62 bits per heavy atom. The Labute approximate surface area is 98.6 Å². The van der Waals surface area contributed by atoms with Crippen molar-refractivity contribution >= 4 is 17.5 Å². The van der Waals surface area contributed by atoms with Gasteiger partial charge in [0.2, 0.25) is 0 Å². The SMILES string of the molecule is Cn1cc(COc2ccc(Cl)cc2)nc1N. The third-order valence-corrected chi connectivity index (χ3v) is 2.41. The molecule has 0 fully saturated rings. The van der Waals surface area contributed by atoms with Gasteiger partial charge in [-0.3, -0.25) is 0 Å². The van der Waals surface area contributed by atoms with Crippen LogP contribution in [0.3, 0.4) is 0 Å². The Morgan fingerprint density at radius 2 is 2.06 bits per heavy atom. The lowest BCUT2D eigenvalue weighted by atomic mass is 10.3. The first-order chi connectivity index (χ1) is 7.65. The minimum Gasteiger partial charge on any atom is -0.487 e. The predicted octanol–water partition coefficient (Wildman–Crippen LogP) is 2.23. The van der Waals surface area contributed by atoms with Crippen LogP contribution in [0.15, 0.2) is 30.5 Å². The van der Waals surface area contributed by atoms with E-state index in [1.165, 1.54) is 0 Å². The highest BCUT2D eigenvalue weighted by Crippen LogP contribution is 2.16. The summed E-state index contributed by atoms with van der Waals surface area (Å²) in [5.74, 6) is 1.24. The monoisotopic (exact) mass is 237 g/mol. The standard InChI is InChI=1S/C11H12ClN3O/c1-15-6-9(14-11(15)13)7-16-10-4-2-8(12)3-5-10/h2-6H,7H2,1H3,(H2,13,14). The van der Waals surface area contributed by atoms with Gasteiger partial charge in [-0.15, -0.1) is 0 Å². The number of nitrogen functional groups attached to an aromatic ring is 1. The summed E-state index contributed by atoms with van der Waals surface area (Å²) in [6, 6.07) is 7.19. The number of nitrogens with zero attached hydrogens (tertiary/aromatic N) is 2. The summed E-state index contributed by atoms with van der Waals surface area (Å²) in [5, 5.41) is 0.689. The molecule has 1 heterocycles. The first-order valence-electron chi connectivity index (χ1n) is 4.81. The minimum absolute atomic E-state index is 0.396. The molecule has 0 spiro atoms. The van der Waals surface area contributed by atoms with Gasteiger partial charge in [0, 0.05) is 18.3 Å². The van der Waals surface area contributed by atoms with Crippen LogP contribution in [0.2, 0.25) is 5.02 Å². The van der Waals surface area contributed by atoms with E-state index in [1.54, 1.807) is 16.7 Å². The highest BCUT2D eigenvalue weighted by molar-refractivity contribution is 6.30. The fourth-order valence-corrected chi connectivity index (χ4v) is 1.43. The lowest BCUT2D eigenvalue weighted by Gasteiger charge is -2.03. The summed E-state index contributed by atoms with van der Waals surface area (Å²) >= 11 is 5.77. The van der Waals surface area contributed by atoms with E-state index in [1.807, 2.05) is 25.4 Å². The summed E-state index contributed by atoms with van der Waals surface area (Å²) in [7, 11) is 1.84. The van der Waals surface area contributed by atoms with Gasteiger partial charge in [0.15, 0.2) is 5.95 Å². The number of aromatic nitrogens is 2. The number of hydrogen-bond acceptors (Lipinski definition) is 3. The topological polar surface area (TPSA) is 53.1 Å². The summed E-state index contributed by atoms with van der Waals surface area (Å²) in [6.07, 6.45) is 1.84. The van der Waals surface area contributed by atoms with Crippen LogP contribution in [0.1, 0.15) is 5.69 Å². The van der Waals surface area contributed by atoms with Crippen LogP contribution >= 0.6 is 11.6 Å². The molecule has 0 aliphatic heterocycles. The third-order valence-electron chi connectivity index (χ3n) is 2.16. The molecule has 0 amide bonds. The zero-order valence-electron chi connectivity index (χ0n) is 8.85. The minimum atomic E-state index is 0.396. The number of imidazole rings is 1. The zero-order chi connectivity index (χ0) is 11.5. The van der Waals surface area contributed by atoms with E-state index in [2.05, 4.69) is 4.98 Å². The molecule has 0 radical (unpaired) electrons. The van der Waals surface area contributed by atoms with Crippen molar-refractivity contribution in [3.63, 3.8) is 0 Å². The van der Waals surface area contributed by atoms with Gasteiger partial charge in [0.05, 0.1) is 5.69 Å². The second kappa shape index (κ2) is 4.45. The van der Waals surface area contributed by atoms with Crippen LogP contribution < -0.4 is 10.5 Å². The number of benzene rings is 1. The molecule has 0 aliphatic rings. The highest BCUT2D eigenvalue weighted by atomic mass is 35.5. The molecule has 0 unspecified atom stereocenters. The van der Waals surface area contributed by atoms with Crippen LogP contribution in [0.5, 0.6) is 5.75 Å². The molecule has 1 aromatic heterocycles. The van der Waals surface area contributed by atoms with Crippen LogP contribution in [0.4, 0.5) is 5.95 Å². The van der Waals surface area contributed by atoms with Crippen molar-refractivity contribution in [3.8, 4) is 5.75 Å². The molecule has 0 aliphatic carbocycles. The Kier molecular flexibility index (Phi) is 3.01.